The third-order valence-corrected chi connectivity index (χ3v) is 2.71. The predicted molar refractivity (Wildman–Crippen MR) is 64.8 cm³/mol. The van der Waals surface area contributed by atoms with E-state index >= 15 is 0 Å². The van der Waals surface area contributed by atoms with E-state index in [2.05, 4.69) is 20.8 Å². The van der Waals surface area contributed by atoms with Crippen LogP contribution >= 0.6 is 0 Å². The lowest BCUT2D eigenvalue weighted by molar-refractivity contribution is 0.398. The van der Waals surface area contributed by atoms with Gasteiger partial charge in [0.15, 0.2) is 0 Å². The van der Waals surface area contributed by atoms with Gasteiger partial charge in [0.25, 0.3) is 0 Å². The van der Waals surface area contributed by atoms with Gasteiger partial charge in [-0.15, -0.1) is 0 Å². The van der Waals surface area contributed by atoms with Crippen molar-refractivity contribution in [2.24, 2.45) is 0 Å². The zero-order valence-corrected chi connectivity index (χ0v) is 10.2. The predicted octanol–water partition coefficient (Wildman–Crippen LogP) is 4.19. The summed E-state index contributed by atoms with van der Waals surface area (Å²) < 4.78 is 28.4. The van der Waals surface area contributed by atoms with Crippen molar-refractivity contribution in [1.82, 2.24) is 4.57 Å². The molecule has 2 aromatic rings. The van der Waals surface area contributed by atoms with E-state index in [0.717, 1.165) is 11.6 Å². The number of benzene rings is 1. The molecule has 0 aliphatic rings. The topological polar surface area (TPSA) is 4.93 Å². The number of halogens is 2. The molecule has 1 aromatic heterocycles. The summed E-state index contributed by atoms with van der Waals surface area (Å²) in [7, 11) is 0. The van der Waals surface area contributed by atoms with Crippen molar-refractivity contribution in [2.45, 2.75) is 26.3 Å². The molecule has 0 unspecified atom stereocenters. The molecule has 0 atom stereocenters. The fourth-order valence-electron chi connectivity index (χ4n) is 1.70. The van der Waals surface area contributed by atoms with Gasteiger partial charge in [0.05, 0.1) is 0 Å². The number of nitrogens with zero attached hydrogens (tertiary/aromatic N) is 1. The maximum absolute atomic E-state index is 13.6. The molecule has 0 fully saturated rings. The van der Waals surface area contributed by atoms with Gasteiger partial charge in [0.2, 0.25) is 0 Å². The van der Waals surface area contributed by atoms with Crippen molar-refractivity contribution >= 4 is 0 Å². The molecule has 0 bridgehead atoms. The molecule has 0 spiro atoms. The van der Waals surface area contributed by atoms with Gasteiger partial charge in [0, 0.05) is 35.1 Å². The molecule has 3 heteroatoms. The highest BCUT2D eigenvalue weighted by atomic mass is 19.1. The molecule has 0 saturated carbocycles. The summed E-state index contributed by atoms with van der Waals surface area (Å²) >= 11 is 0. The van der Waals surface area contributed by atoms with Crippen molar-refractivity contribution in [3.63, 3.8) is 0 Å². The first-order valence-corrected chi connectivity index (χ1v) is 5.52. The molecule has 1 aromatic carbocycles. The number of aromatic nitrogens is 1. The Labute approximate surface area is 99.7 Å². The van der Waals surface area contributed by atoms with Crippen molar-refractivity contribution in [3.8, 4) is 11.1 Å². The highest BCUT2D eigenvalue weighted by molar-refractivity contribution is 5.63. The molecular weight excluding hydrogens is 220 g/mol. The van der Waals surface area contributed by atoms with Gasteiger partial charge >= 0.3 is 0 Å². The lowest BCUT2D eigenvalue weighted by atomic mass is 10.1. The quantitative estimate of drug-likeness (QED) is 0.698. The van der Waals surface area contributed by atoms with Crippen LogP contribution in [0.25, 0.3) is 11.1 Å². The van der Waals surface area contributed by atoms with Gasteiger partial charge in [-0.05, 0) is 39.0 Å². The van der Waals surface area contributed by atoms with Crippen molar-refractivity contribution in [1.29, 1.82) is 0 Å². The minimum atomic E-state index is -0.554. The molecule has 1 heterocycles. The molecule has 0 aliphatic carbocycles. The highest BCUT2D eigenvalue weighted by Crippen LogP contribution is 2.26. The minimum Gasteiger partial charge on any atom is -0.348 e. The molecule has 1 nitrogen and oxygen atoms in total. The molecule has 17 heavy (non-hydrogen) atoms. The maximum Gasteiger partial charge on any atom is 0.133 e. The summed E-state index contributed by atoms with van der Waals surface area (Å²) in [4.78, 5) is 0. The second-order valence-electron chi connectivity index (χ2n) is 5.10. The standard InChI is InChI=1S/C14H15F2N/c1-14(2,3)17-7-6-10(9-17)12-5-4-11(15)8-13(12)16/h4-9H,1-3H3. The fraction of sp³-hybridized carbons (Fsp3) is 0.286. The van der Waals surface area contributed by atoms with Crippen LogP contribution in [-0.4, -0.2) is 4.57 Å². The monoisotopic (exact) mass is 235 g/mol. The van der Waals surface area contributed by atoms with Gasteiger partial charge < -0.3 is 4.57 Å². The zero-order chi connectivity index (χ0) is 12.6. The van der Waals surface area contributed by atoms with Crippen LogP contribution in [0, 0.1) is 11.6 Å². The Morgan fingerprint density at radius 2 is 1.76 bits per heavy atom. The molecule has 0 amide bonds. The van der Waals surface area contributed by atoms with E-state index in [-0.39, 0.29) is 5.54 Å². The molecule has 0 radical (unpaired) electrons. The summed E-state index contributed by atoms with van der Waals surface area (Å²) in [6, 6.07) is 5.48. The molecule has 90 valence electrons. The first-order valence-electron chi connectivity index (χ1n) is 5.52. The largest absolute Gasteiger partial charge is 0.348 e. The number of hydrogen-bond donors (Lipinski definition) is 0. The van der Waals surface area contributed by atoms with Crippen LogP contribution in [0.4, 0.5) is 8.78 Å². The summed E-state index contributed by atoms with van der Waals surface area (Å²) in [6.07, 6.45) is 3.77. The smallest absolute Gasteiger partial charge is 0.133 e. The highest BCUT2D eigenvalue weighted by Gasteiger charge is 2.14. The Balaban J connectivity index is 2.44. The van der Waals surface area contributed by atoms with Crippen LogP contribution in [0.1, 0.15) is 20.8 Å². The zero-order valence-electron chi connectivity index (χ0n) is 10.2. The molecule has 0 aliphatic heterocycles. The van der Waals surface area contributed by atoms with E-state index in [1.807, 2.05) is 23.0 Å². The average Bonchev–Trinajstić information content (AvgIpc) is 2.65. The molecule has 0 N–H and O–H groups in total. The Bertz CT molecular complexity index is 535. The van der Waals surface area contributed by atoms with Crippen molar-refractivity contribution < 1.29 is 8.78 Å². The molecule has 2 rings (SSSR count). The summed E-state index contributed by atoms with van der Waals surface area (Å²) in [5, 5.41) is 0. The van der Waals surface area contributed by atoms with E-state index < -0.39 is 11.6 Å². The third-order valence-electron chi connectivity index (χ3n) is 2.71. The Hall–Kier alpha value is -1.64. The van der Waals surface area contributed by atoms with Crippen molar-refractivity contribution in [3.05, 3.63) is 48.3 Å². The third kappa shape index (κ3) is 2.38. The summed E-state index contributed by atoms with van der Waals surface area (Å²) in [5.74, 6) is -1.09. The summed E-state index contributed by atoms with van der Waals surface area (Å²) in [5.41, 5.74) is 1.14. The second kappa shape index (κ2) is 3.99. The number of hydrogen-bond acceptors (Lipinski definition) is 0. The van der Waals surface area contributed by atoms with Crippen LogP contribution in [0.5, 0.6) is 0 Å². The van der Waals surface area contributed by atoms with Crippen LogP contribution in [0.3, 0.4) is 0 Å². The Morgan fingerprint density at radius 1 is 1.06 bits per heavy atom. The Morgan fingerprint density at radius 3 is 2.29 bits per heavy atom. The van der Waals surface area contributed by atoms with Gasteiger partial charge in [-0.2, -0.15) is 0 Å². The Kier molecular flexibility index (Phi) is 2.77. The van der Waals surface area contributed by atoms with Crippen LogP contribution < -0.4 is 0 Å². The lowest BCUT2D eigenvalue weighted by Crippen LogP contribution is -2.19. The van der Waals surface area contributed by atoms with E-state index in [0.29, 0.717) is 5.56 Å². The van der Waals surface area contributed by atoms with E-state index in [9.17, 15) is 8.78 Å². The lowest BCUT2D eigenvalue weighted by Gasteiger charge is -2.20. The fourth-order valence-corrected chi connectivity index (χ4v) is 1.70. The van der Waals surface area contributed by atoms with Gasteiger partial charge in [0.1, 0.15) is 11.6 Å². The van der Waals surface area contributed by atoms with Crippen LogP contribution in [0.15, 0.2) is 36.7 Å². The van der Waals surface area contributed by atoms with Crippen LogP contribution in [0.2, 0.25) is 0 Å². The van der Waals surface area contributed by atoms with Gasteiger partial charge in [-0.1, -0.05) is 0 Å². The average molecular weight is 235 g/mol. The normalized spacial score (nSPS) is 11.8. The molecule has 0 saturated heterocycles. The maximum atomic E-state index is 13.6. The van der Waals surface area contributed by atoms with Gasteiger partial charge in [-0.3, -0.25) is 0 Å². The second-order valence-corrected chi connectivity index (χ2v) is 5.10. The van der Waals surface area contributed by atoms with E-state index in [4.69, 9.17) is 0 Å². The van der Waals surface area contributed by atoms with Crippen molar-refractivity contribution in [2.75, 3.05) is 0 Å². The number of rotatable bonds is 1. The van der Waals surface area contributed by atoms with Gasteiger partial charge in [-0.25, -0.2) is 8.78 Å². The molecular formula is C14H15F2N. The summed E-state index contributed by atoms with van der Waals surface area (Å²) in [6.45, 7) is 6.20. The van der Waals surface area contributed by atoms with E-state index in [1.165, 1.54) is 12.1 Å². The van der Waals surface area contributed by atoms with E-state index in [1.54, 1.807) is 0 Å². The SMILES string of the molecule is CC(C)(C)n1ccc(-c2ccc(F)cc2F)c1. The van der Waals surface area contributed by atoms with Crippen LogP contribution in [-0.2, 0) is 5.54 Å². The first kappa shape index (κ1) is 11.8. The minimum absolute atomic E-state index is 0.0469. The first-order chi connectivity index (χ1) is 7.88.